The molecule has 21 heavy (non-hydrogen) atoms. The quantitative estimate of drug-likeness (QED) is 0.648. The molecule has 0 saturated heterocycles. The molecular weight excluding hydrogens is 272 g/mol. The molecule has 0 aliphatic rings. The van der Waals surface area contributed by atoms with Crippen molar-refractivity contribution in [3.63, 3.8) is 0 Å². The van der Waals surface area contributed by atoms with E-state index in [0.717, 1.165) is 12.0 Å². The minimum atomic E-state index is -0.435. The van der Waals surface area contributed by atoms with Crippen LogP contribution in [0.25, 0.3) is 0 Å². The second-order valence-corrected chi connectivity index (χ2v) is 4.44. The molecule has 0 fully saturated rings. The third-order valence-electron chi connectivity index (χ3n) is 2.98. The van der Waals surface area contributed by atoms with Crippen LogP contribution in [0.5, 0.6) is 5.88 Å². The van der Waals surface area contributed by atoms with Crippen molar-refractivity contribution in [1.82, 2.24) is 9.97 Å². The molecule has 2 rings (SSSR count). The minimum Gasteiger partial charge on any atom is -0.481 e. The first-order valence-corrected chi connectivity index (χ1v) is 6.45. The summed E-state index contributed by atoms with van der Waals surface area (Å²) in [5.41, 5.74) is 1.52. The van der Waals surface area contributed by atoms with E-state index in [1.165, 1.54) is 6.07 Å². The van der Waals surface area contributed by atoms with Crippen molar-refractivity contribution in [3.8, 4) is 5.88 Å². The molecule has 0 amide bonds. The summed E-state index contributed by atoms with van der Waals surface area (Å²) in [4.78, 5) is 18.5. The maximum atomic E-state index is 10.7. The molecule has 0 aliphatic carbocycles. The van der Waals surface area contributed by atoms with Gasteiger partial charge in [0.2, 0.25) is 5.88 Å². The molecule has 0 aromatic carbocycles. The monoisotopic (exact) mass is 288 g/mol. The Morgan fingerprint density at radius 3 is 2.86 bits per heavy atom. The second kappa shape index (κ2) is 6.65. The largest absolute Gasteiger partial charge is 0.481 e. The minimum absolute atomic E-state index is 0.0272. The van der Waals surface area contributed by atoms with Crippen molar-refractivity contribution in [2.24, 2.45) is 0 Å². The van der Waals surface area contributed by atoms with Crippen molar-refractivity contribution < 1.29 is 9.66 Å². The number of methoxy groups -OCH3 is 1. The summed E-state index contributed by atoms with van der Waals surface area (Å²) in [6, 6.07) is 6.85. The van der Waals surface area contributed by atoms with Crippen molar-refractivity contribution in [2.75, 3.05) is 19.0 Å². The number of aromatic nitrogens is 2. The summed E-state index contributed by atoms with van der Waals surface area (Å²) < 4.78 is 5.06. The van der Waals surface area contributed by atoms with Crippen molar-refractivity contribution in [1.29, 1.82) is 0 Å². The number of anilines is 1. The Labute approximate surface area is 122 Å². The van der Waals surface area contributed by atoms with Gasteiger partial charge in [0.05, 0.1) is 12.0 Å². The maximum absolute atomic E-state index is 10.7. The average Bonchev–Trinajstić information content (AvgIpc) is 2.47. The first kappa shape index (κ1) is 14.7. The standard InChI is InChI=1S/C14H16N4O3/c1-10-12(18(19)20)3-4-13(17-10)15-7-5-11-6-8-16-14(9-11)21-2/h3-4,6,8-9H,5,7H2,1-2H3,(H,15,17). The molecule has 7 heteroatoms. The van der Waals surface area contributed by atoms with Gasteiger partial charge in [0.1, 0.15) is 11.5 Å². The summed E-state index contributed by atoms with van der Waals surface area (Å²) in [5.74, 6) is 1.20. The number of pyridine rings is 2. The van der Waals surface area contributed by atoms with Crippen LogP contribution in [-0.2, 0) is 6.42 Å². The summed E-state index contributed by atoms with van der Waals surface area (Å²) >= 11 is 0. The maximum Gasteiger partial charge on any atom is 0.290 e. The fourth-order valence-electron chi connectivity index (χ4n) is 1.90. The van der Waals surface area contributed by atoms with Crippen LogP contribution in [0.15, 0.2) is 30.5 Å². The van der Waals surface area contributed by atoms with E-state index in [9.17, 15) is 10.1 Å². The summed E-state index contributed by atoms with van der Waals surface area (Å²) in [5, 5.41) is 13.9. The molecule has 0 spiro atoms. The number of rotatable bonds is 6. The number of ether oxygens (including phenoxy) is 1. The highest BCUT2D eigenvalue weighted by atomic mass is 16.6. The zero-order chi connectivity index (χ0) is 15.2. The fourth-order valence-corrected chi connectivity index (χ4v) is 1.90. The zero-order valence-corrected chi connectivity index (χ0v) is 11.9. The van der Waals surface area contributed by atoms with E-state index in [4.69, 9.17) is 4.74 Å². The third-order valence-corrected chi connectivity index (χ3v) is 2.98. The summed E-state index contributed by atoms with van der Waals surface area (Å²) in [7, 11) is 1.58. The van der Waals surface area contributed by atoms with Gasteiger partial charge in [0, 0.05) is 24.9 Å². The Balaban J connectivity index is 1.94. The molecule has 2 heterocycles. The predicted octanol–water partition coefficient (Wildman–Crippen LogP) is 2.36. The number of nitro groups is 1. The van der Waals surface area contributed by atoms with Gasteiger partial charge in [0.25, 0.3) is 5.69 Å². The van der Waals surface area contributed by atoms with Crippen molar-refractivity contribution in [2.45, 2.75) is 13.3 Å². The van der Waals surface area contributed by atoms with E-state index in [2.05, 4.69) is 15.3 Å². The SMILES string of the molecule is COc1cc(CCNc2ccc([N+](=O)[O-])c(C)n2)ccn1. The molecular formula is C14H16N4O3. The first-order chi connectivity index (χ1) is 10.1. The molecule has 0 bridgehead atoms. The van der Waals surface area contributed by atoms with Crippen LogP contribution in [0, 0.1) is 17.0 Å². The van der Waals surface area contributed by atoms with E-state index >= 15 is 0 Å². The highest BCUT2D eigenvalue weighted by Crippen LogP contribution is 2.17. The zero-order valence-electron chi connectivity index (χ0n) is 11.9. The number of nitrogens with zero attached hydrogens (tertiary/aromatic N) is 3. The molecule has 2 aromatic rings. The Kier molecular flexibility index (Phi) is 4.65. The van der Waals surface area contributed by atoms with E-state index in [0.29, 0.717) is 23.9 Å². The topological polar surface area (TPSA) is 90.2 Å². The molecule has 110 valence electrons. The van der Waals surface area contributed by atoms with Crippen molar-refractivity contribution in [3.05, 3.63) is 51.8 Å². The first-order valence-electron chi connectivity index (χ1n) is 6.45. The lowest BCUT2D eigenvalue weighted by Gasteiger charge is -2.07. The van der Waals surface area contributed by atoms with Gasteiger partial charge in [0.15, 0.2) is 0 Å². The molecule has 0 atom stereocenters. The van der Waals surface area contributed by atoms with Gasteiger partial charge in [-0.2, -0.15) is 0 Å². The fraction of sp³-hybridized carbons (Fsp3) is 0.286. The van der Waals surface area contributed by atoms with Crippen LogP contribution in [-0.4, -0.2) is 28.5 Å². The van der Waals surface area contributed by atoms with Gasteiger partial charge in [-0.15, -0.1) is 0 Å². The van der Waals surface area contributed by atoms with Gasteiger partial charge in [-0.1, -0.05) is 0 Å². The molecule has 7 nitrogen and oxygen atoms in total. The number of hydrogen-bond donors (Lipinski definition) is 1. The van der Waals surface area contributed by atoms with Gasteiger partial charge < -0.3 is 10.1 Å². The molecule has 0 unspecified atom stereocenters. The highest BCUT2D eigenvalue weighted by molar-refractivity contribution is 5.44. The van der Waals surface area contributed by atoms with Crippen molar-refractivity contribution >= 4 is 11.5 Å². The Hall–Kier alpha value is -2.70. The van der Waals surface area contributed by atoms with Gasteiger partial charge in [-0.3, -0.25) is 10.1 Å². The predicted molar refractivity (Wildman–Crippen MR) is 78.6 cm³/mol. The van der Waals surface area contributed by atoms with Crippen LogP contribution >= 0.6 is 0 Å². The average molecular weight is 288 g/mol. The van der Waals surface area contributed by atoms with E-state index in [1.54, 1.807) is 26.3 Å². The molecule has 0 radical (unpaired) electrons. The second-order valence-electron chi connectivity index (χ2n) is 4.44. The highest BCUT2D eigenvalue weighted by Gasteiger charge is 2.11. The number of aryl methyl sites for hydroxylation is 1. The van der Waals surface area contributed by atoms with E-state index in [1.807, 2.05) is 12.1 Å². The summed E-state index contributed by atoms with van der Waals surface area (Å²) in [6.45, 7) is 2.29. The number of nitrogens with one attached hydrogen (secondary N) is 1. The summed E-state index contributed by atoms with van der Waals surface area (Å²) in [6.07, 6.45) is 2.47. The Morgan fingerprint density at radius 1 is 1.38 bits per heavy atom. The van der Waals surface area contributed by atoms with Gasteiger partial charge >= 0.3 is 0 Å². The van der Waals surface area contributed by atoms with E-state index < -0.39 is 4.92 Å². The van der Waals surface area contributed by atoms with Crippen LogP contribution < -0.4 is 10.1 Å². The van der Waals surface area contributed by atoms with Gasteiger partial charge in [-0.25, -0.2) is 9.97 Å². The molecule has 0 saturated carbocycles. The lowest BCUT2D eigenvalue weighted by Crippen LogP contribution is -2.07. The van der Waals surface area contributed by atoms with Crippen LogP contribution in [0.4, 0.5) is 11.5 Å². The lowest BCUT2D eigenvalue weighted by molar-refractivity contribution is -0.385. The smallest absolute Gasteiger partial charge is 0.290 e. The Bertz CT molecular complexity index is 646. The normalized spacial score (nSPS) is 10.2. The molecule has 0 aliphatic heterocycles. The van der Waals surface area contributed by atoms with Gasteiger partial charge in [-0.05, 0) is 31.0 Å². The molecule has 1 N–H and O–H groups in total. The lowest BCUT2D eigenvalue weighted by atomic mass is 10.2. The Morgan fingerprint density at radius 2 is 2.19 bits per heavy atom. The third kappa shape index (κ3) is 3.88. The van der Waals surface area contributed by atoms with E-state index in [-0.39, 0.29) is 5.69 Å². The van der Waals surface area contributed by atoms with Crippen LogP contribution in [0.2, 0.25) is 0 Å². The number of hydrogen-bond acceptors (Lipinski definition) is 6. The molecule has 2 aromatic heterocycles. The van der Waals surface area contributed by atoms with Crippen LogP contribution in [0.1, 0.15) is 11.3 Å². The van der Waals surface area contributed by atoms with Crippen LogP contribution in [0.3, 0.4) is 0 Å².